The molecule has 0 amide bonds. The van der Waals surface area contributed by atoms with Gasteiger partial charge in [-0.1, -0.05) is 0 Å². The Morgan fingerprint density at radius 1 is 1.14 bits per heavy atom. The zero-order chi connectivity index (χ0) is 14.1. The molecule has 2 fully saturated rings. The van der Waals surface area contributed by atoms with E-state index in [1.165, 1.54) is 38.1 Å². The van der Waals surface area contributed by atoms with Gasteiger partial charge in [-0.3, -0.25) is 0 Å². The smallest absolute Gasteiger partial charge is 0.137 e. The van der Waals surface area contributed by atoms with Crippen molar-refractivity contribution in [1.82, 2.24) is 29.2 Å². The highest BCUT2D eigenvalue weighted by Gasteiger charge is 2.31. The summed E-state index contributed by atoms with van der Waals surface area (Å²) in [5, 5.41) is 8.57. The van der Waals surface area contributed by atoms with Crippen LogP contribution in [0.3, 0.4) is 0 Å². The zero-order valence-corrected chi connectivity index (χ0v) is 12.3. The van der Waals surface area contributed by atoms with Gasteiger partial charge in [-0.25, -0.2) is 4.98 Å². The second-order valence-electron chi connectivity index (χ2n) is 6.27. The first kappa shape index (κ1) is 13.0. The molecule has 1 saturated carbocycles. The number of rotatable bonds is 5. The predicted octanol–water partition coefficient (Wildman–Crippen LogP) is 1.69. The van der Waals surface area contributed by atoms with Crippen LogP contribution in [0.4, 0.5) is 0 Å². The highest BCUT2D eigenvalue weighted by Crippen LogP contribution is 2.37. The van der Waals surface area contributed by atoms with E-state index in [9.17, 15) is 0 Å². The molecule has 1 atom stereocenters. The van der Waals surface area contributed by atoms with Gasteiger partial charge in [0.25, 0.3) is 0 Å². The van der Waals surface area contributed by atoms with E-state index in [0.717, 1.165) is 19.6 Å². The monoisotopic (exact) mass is 286 g/mol. The Morgan fingerprint density at radius 2 is 2.10 bits per heavy atom. The maximum Gasteiger partial charge on any atom is 0.137 e. The summed E-state index contributed by atoms with van der Waals surface area (Å²) in [6.07, 6.45) is 12.8. The average Bonchev–Trinajstić information content (AvgIpc) is 3.04. The van der Waals surface area contributed by atoms with Gasteiger partial charge < -0.3 is 14.0 Å². The lowest BCUT2D eigenvalue weighted by Gasteiger charge is -2.32. The van der Waals surface area contributed by atoms with E-state index in [2.05, 4.69) is 29.2 Å². The normalized spacial score (nSPS) is 23.5. The summed E-state index contributed by atoms with van der Waals surface area (Å²) in [5.74, 6) is 1.76. The van der Waals surface area contributed by atoms with Crippen LogP contribution in [0.2, 0.25) is 0 Å². The van der Waals surface area contributed by atoms with Gasteiger partial charge in [0, 0.05) is 44.0 Å². The molecule has 4 rings (SSSR count). The summed E-state index contributed by atoms with van der Waals surface area (Å²) in [5.41, 5.74) is 0. The first-order valence-electron chi connectivity index (χ1n) is 7.97. The Balaban J connectivity index is 1.39. The van der Waals surface area contributed by atoms with Crippen molar-refractivity contribution in [2.75, 3.05) is 19.6 Å². The summed E-state index contributed by atoms with van der Waals surface area (Å²) < 4.78 is 4.47. The topological polar surface area (TPSA) is 51.8 Å². The van der Waals surface area contributed by atoms with Crippen LogP contribution in [0.5, 0.6) is 0 Å². The second kappa shape index (κ2) is 5.60. The van der Waals surface area contributed by atoms with Gasteiger partial charge in [0.05, 0.1) is 6.33 Å². The van der Waals surface area contributed by atoms with E-state index < -0.39 is 0 Å². The van der Waals surface area contributed by atoms with E-state index in [4.69, 9.17) is 0 Å². The molecule has 0 bridgehead atoms. The van der Waals surface area contributed by atoms with Crippen molar-refractivity contribution < 1.29 is 0 Å². The number of imidazole rings is 1. The molecule has 0 spiro atoms. The minimum Gasteiger partial charge on any atom is -0.336 e. The van der Waals surface area contributed by atoms with Gasteiger partial charge in [-0.2, -0.15) is 0 Å². The predicted molar refractivity (Wildman–Crippen MR) is 78.9 cm³/mol. The van der Waals surface area contributed by atoms with E-state index in [-0.39, 0.29) is 0 Å². The summed E-state index contributed by atoms with van der Waals surface area (Å²) >= 11 is 0. The third-order valence-corrected chi connectivity index (χ3v) is 4.65. The first-order chi connectivity index (χ1) is 10.4. The molecule has 0 aromatic carbocycles. The molecule has 1 saturated heterocycles. The summed E-state index contributed by atoms with van der Waals surface area (Å²) in [6.45, 7) is 4.41. The molecule has 112 valence electrons. The molecular formula is C15H22N6. The Morgan fingerprint density at radius 3 is 2.90 bits per heavy atom. The number of nitrogens with zero attached hydrogens (tertiary/aromatic N) is 6. The van der Waals surface area contributed by atoms with E-state index >= 15 is 0 Å². The largest absolute Gasteiger partial charge is 0.336 e. The number of piperidine rings is 1. The molecular weight excluding hydrogens is 264 g/mol. The first-order valence-corrected chi connectivity index (χ1v) is 7.97. The van der Waals surface area contributed by atoms with Crippen molar-refractivity contribution in [3.05, 3.63) is 30.9 Å². The molecule has 6 nitrogen and oxygen atoms in total. The molecule has 3 heterocycles. The van der Waals surface area contributed by atoms with E-state index in [0.29, 0.717) is 12.0 Å². The van der Waals surface area contributed by atoms with Gasteiger partial charge in [0.15, 0.2) is 0 Å². The van der Waals surface area contributed by atoms with Crippen molar-refractivity contribution in [3.63, 3.8) is 0 Å². The summed E-state index contributed by atoms with van der Waals surface area (Å²) in [7, 11) is 0. The summed E-state index contributed by atoms with van der Waals surface area (Å²) in [4.78, 5) is 6.66. The van der Waals surface area contributed by atoms with Crippen LogP contribution in [0.1, 0.15) is 43.5 Å². The molecule has 1 unspecified atom stereocenters. The lowest BCUT2D eigenvalue weighted by atomic mass is 9.97. The van der Waals surface area contributed by atoms with E-state index in [1.807, 2.05) is 25.0 Å². The van der Waals surface area contributed by atoms with Gasteiger partial charge in [-0.15, -0.1) is 10.2 Å². The molecule has 0 radical (unpaired) electrons. The van der Waals surface area contributed by atoms with Crippen LogP contribution < -0.4 is 0 Å². The van der Waals surface area contributed by atoms with Crippen LogP contribution >= 0.6 is 0 Å². The Labute approximate surface area is 124 Å². The fraction of sp³-hybridized carbons (Fsp3) is 0.667. The number of aromatic nitrogens is 5. The van der Waals surface area contributed by atoms with Crippen molar-refractivity contribution >= 4 is 0 Å². The summed E-state index contributed by atoms with van der Waals surface area (Å²) in [6, 6.07) is 0.677. The molecule has 21 heavy (non-hydrogen) atoms. The number of hydrogen-bond donors (Lipinski definition) is 0. The van der Waals surface area contributed by atoms with Crippen molar-refractivity contribution in [2.45, 2.75) is 44.2 Å². The maximum atomic E-state index is 4.42. The third-order valence-electron chi connectivity index (χ3n) is 4.65. The highest BCUT2D eigenvalue weighted by molar-refractivity contribution is 5.03. The van der Waals surface area contributed by atoms with Gasteiger partial charge >= 0.3 is 0 Å². The fourth-order valence-electron chi connectivity index (χ4n) is 3.32. The minimum absolute atomic E-state index is 0.546. The molecule has 1 aliphatic heterocycles. The lowest BCUT2D eigenvalue weighted by Crippen LogP contribution is -2.37. The standard InChI is InChI=1S/C15H22N6/c1-2-13(15-18-17-12-21(15)14-3-4-14)10-19(6-1)8-9-20-7-5-16-11-20/h5,7,11-14H,1-4,6,8-10H2. The molecule has 2 aromatic heterocycles. The molecule has 0 N–H and O–H groups in total. The molecule has 1 aliphatic carbocycles. The van der Waals surface area contributed by atoms with Crippen LogP contribution in [-0.2, 0) is 6.54 Å². The van der Waals surface area contributed by atoms with Gasteiger partial charge in [-0.05, 0) is 32.2 Å². The Kier molecular flexibility index (Phi) is 3.47. The fourth-order valence-corrected chi connectivity index (χ4v) is 3.32. The lowest BCUT2D eigenvalue weighted by molar-refractivity contribution is 0.195. The second-order valence-corrected chi connectivity index (χ2v) is 6.27. The Hall–Kier alpha value is -1.69. The third kappa shape index (κ3) is 2.85. The van der Waals surface area contributed by atoms with Gasteiger partial charge in [0.1, 0.15) is 12.2 Å². The minimum atomic E-state index is 0.546. The average molecular weight is 286 g/mol. The molecule has 6 heteroatoms. The SMILES string of the molecule is c1cn(CCN2CCCC(c3nncn3C3CC3)C2)cn1. The van der Waals surface area contributed by atoms with Crippen LogP contribution in [0.25, 0.3) is 0 Å². The zero-order valence-electron chi connectivity index (χ0n) is 12.3. The van der Waals surface area contributed by atoms with Crippen molar-refractivity contribution in [2.24, 2.45) is 0 Å². The van der Waals surface area contributed by atoms with Crippen molar-refractivity contribution in [1.29, 1.82) is 0 Å². The van der Waals surface area contributed by atoms with Crippen LogP contribution in [0.15, 0.2) is 25.0 Å². The highest BCUT2D eigenvalue weighted by atomic mass is 15.3. The Bertz CT molecular complexity index is 571. The maximum absolute atomic E-state index is 4.42. The van der Waals surface area contributed by atoms with Gasteiger partial charge in [0.2, 0.25) is 0 Å². The quantitative estimate of drug-likeness (QED) is 0.839. The molecule has 2 aliphatic rings. The van der Waals surface area contributed by atoms with Crippen molar-refractivity contribution in [3.8, 4) is 0 Å². The van der Waals surface area contributed by atoms with Crippen LogP contribution in [0, 0.1) is 0 Å². The van der Waals surface area contributed by atoms with Crippen LogP contribution in [-0.4, -0.2) is 48.8 Å². The number of likely N-dealkylation sites (tertiary alicyclic amines) is 1. The number of hydrogen-bond acceptors (Lipinski definition) is 4. The van der Waals surface area contributed by atoms with E-state index in [1.54, 1.807) is 0 Å². The molecule has 2 aromatic rings.